The van der Waals surface area contributed by atoms with Crippen LogP contribution in [0.2, 0.25) is 0 Å². The van der Waals surface area contributed by atoms with Crippen molar-refractivity contribution in [1.82, 2.24) is 14.8 Å². The van der Waals surface area contributed by atoms with E-state index in [1.54, 1.807) is 0 Å². The molecule has 0 aliphatic carbocycles. The van der Waals surface area contributed by atoms with E-state index in [1.165, 1.54) is 23.1 Å². The van der Waals surface area contributed by atoms with Crippen molar-refractivity contribution >= 4 is 16.8 Å². The maximum atomic E-state index is 13.1. The van der Waals surface area contributed by atoms with Gasteiger partial charge in [0.2, 0.25) is 5.91 Å². The molecule has 1 saturated heterocycles. The van der Waals surface area contributed by atoms with Crippen LogP contribution in [-0.4, -0.2) is 46.9 Å². The van der Waals surface area contributed by atoms with E-state index < -0.39 is 0 Å². The van der Waals surface area contributed by atoms with E-state index in [0.717, 1.165) is 63.1 Å². The summed E-state index contributed by atoms with van der Waals surface area (Å²) in [4.78, 5) is 20.4. The number of fused-ring (bicyclic) bond motifs is 1. The Labute approximate surface area is 171 Å². The van der Waals surface area contributed by atoms with Gasteiger partial charge >= 0.3 is 0 Å². The highest BCUT2D eigenvalue weighted by Crippen LogP contribution is 2.20. The van der Waals surface area contributed by atoms with Gasteiger partial charge in [-0.05, 0) is 48.6 Å². The highest BCUT2D eigenvalue weighted by Gasteiger charge is 2.19. The first-order chi connectivity index (χ1) is 14.2. The first-order valence-corrected chi connectivity index (χ1v) is 10.5. The number of hydrogen-bond donors (Lipinski definition) is 1. The van der Waals surface area contributed by atoms with Crippen molar-refractivity contribution in [3.05, 3.63) is 71.7 Å². The number of para-hydroxylation sites is 1. The Morgan fingerprint density at radius 1 is 1.00 bits per heavy atom. The molecule has 5 heteroatoms. The number of benzene rings is 2. The second kappa shape index (κ2) is 9.23. The van der Waals surface area contributed by atoms with Crippen LogP contribution in [-0.2, 0) is 17.8 Å². The third kappa shape index (κ3) is 5.04. The predicted molar refractivity (Wildman–Crippen MR) is 114 cm³/mol. The molecule has 0 bridgehead atoms. The molecular weight excluding hydrogens is 365 g/mol. The average Bonchev–Trinajstić information content (AvgIpc) is 3.00. The third-order valence-corrected chi connectivity index (χ3v) is 5.77. The first-order valence-electron chi connectivity index (χ1n) is 10.5. The van der Waals surface area contributed by atoms with Crippen molar-refractivity contribution < 1.29 is 9.18 Å². The Morgan fingerprint density at radius 3 is 2.69 bits per heavy atom. The van der Waals surface area contributed by atoms with Crippen molar-refractivity contribution in [2.45, 2.75) is 32.2 Å². The molecule has 1 N–H and O–H groups in total. The molecule has 1 aliphatic heterocycles. The number of H-pyrrole nitrogens is 1. The number of hydrogen-bond acceptors (Lipinski definition) is 2. The molecule has 0 unspecified atom stereocenters. The summed E-state index contributed by atoms with van der Waals surface area (Å²) in [6, 6.07) is 15.0. The lowest BCUT2D eigenvalue weighted by molar-refractivity contribution is -0.131. The summed E-state index contributed by atoms with van der Waals surface area (Å²) in [6.07, 6.45) is 5.43. The smallest absolute Gasteiger partial charge is 0.222 e. The molecule has 1 fully saturated rings. The van der Waals surface area contributed by atoms with E-state index in [9.17, 15) is 9.18 Å². The van der Waals surface area contributed by atoms with Crippen molar-refractivity contribution in [2.75, 3.05) is 26.2 Å². The summed E-state index contributed by atoms with van der Waals surface area (Å²) in [5.74, 6) is 0.0579. The molecule has 0 spiro atoms. The van der Waals surface area contributed by atoms with Gasteiger partial charge in [-0.2, -0.15) is 0 Å². The van der Waals surface area contributed by atoms with E-state index in [2.05, 4.69) is 34.3 Å². The van der Waals surface area contributed by atoms with E-state index in [1.807, 2.05) is 23.1 Å². The average molecular weight is 394 g/mol. The number of carbonyl (C=O) groups excluding carboxylic acids is 1. The Kier molecular flexibility index (Phi) is 6.25. The van der Waals surface area contributed by atoms with Gasteiger partial charge in [0.15, 0.2) is 0 Å². The highest BCUT2D eigenvalue weighted by atomic mass is 19.1. The monoisotopic (exact) mass is 393 g/mol. The fourth-order valence-corrected chi connectivity index (χ4v) is 4.15. The van der Waals surface area contributed by atoms with Crippen LogP contribution < -0.4 is 0 Å². The Bertz CT molecular complexity index is 950. The number of halogens is 1. The van der Waals surface area contributed by atoms with E-state index in [0.29, 0.717) is 6.42 Å². The van der Waals surface area contributed by atoms with Crippen molar-refractivity contribution in [1.29, 1.82) is 0 Å². The molecule has 2 heterocycles. The van der Waals surface area contributed by atoms with E-state index in [4.69, 9.17) is 0 Å². The summed E-state index contributed by atoms with van der Waals surface area (Å²) in [6.45, 7) is 4.24. The number of aromatic amines is 1. The van der Waals surface area contributed by atoms with Crippen LogP contribution in [0.25, 0.3) is 10.9 Å². The normalized spacial score (nSPS) is 15.6. The van der Waals surface area contributed by atoms with Gasteiger partial charge < -0.3 is 9.88 Å². The van der Waals surface area contributed by atoms with Gasteiger partial charge in [-0.25, -0.2) is 4.39 Å². The maximum absolute atomic E-state index is 13.1. The summed E-state index contributed by atoms with van der Waals surface area (Å²) < 4.78 is 13.1. The lowest BCUT2D eigenvalue weighted by Gasteiger charge is -2.22. The molecule has 4 rings (SSSR count). The SMILES string of the molecule is O=C(CCCc1c[nH]c2ccccc12)N1CCCN(Cc2ccc(F)cc2)CC1. The Hall–Kier alpha value is -2.66. The number of aromatic nitrogens is 1. The van der Waals surface area contributed by atoms with Crippen LogP contribution in [0.5, 0.6) is 0 Å². The van der Waals surface area contributed by atoms with Gasteiger partial charge in [-0.1, -0.05) is 30.3 Å². The third-order valence-electron chi connectivity index (χ3n) is 5.77. The Morgan fingerprint density at radius 2 is 1.83 bits per heavy atom. The lowest BCUT2D eigenvalue weighted by Crippen LogP contribution is -2.35. The minimum atomic E-state index is -0.200. The minimum absolute atomic E-state index is 0.200. The van der Waals surface area contributed by atoms with E-state index >= 15 is 0 Å². The molecule has 2 aromatic carbocycles. The number of aryl methyl sites for hydroxylation is 1. The molecular formula is C24H28FN3O. The first kappa shape index (κ1) is 19.6. The summed E-state index contributed by atoms with van der Waals surface area (Å²) in [5, 5.41) is 1.26. The van der Waals surface area contributed by atoms with Crippen LogP contribution in [0, 0.1) is 5.82 Å². The highest BCUT2D eigenvalue weighted by molar-refractivity contribution is 5.83. The molecule has 3 aromatic rings. The molecule has 0 radical (unpaired) electrons. The van der Waals surface area contributed by atoms with Gasteiger partial charge in [0.1, 0.15) is 5.82 Å². The Balaban J connectivity index is 1.24. The molecule has 1 aromatic heterocycles. The molecule has 0 atom stereocenters. The lowest BCUT2D eigenvalue weighted by atomic mass is 10.1. The predicted octanol–water partition coefficient (Wildman–Crippen LogP) is 4.36. The number of nitrogens with zero attached hydrogens (tertiary/aromatic N) is 2. The second-order valence-electron chi connectivity index (χ2n) is 7.85. The molecule has 152 valence electrons. The van der Waals surface area contributed by atoms with Crippen LogP contribution in [0.4, 0.5) is 4.39 Å². The summed E-state index contributed by atoms with van der Waals surface area (Å²) in [5.41, 5.74) is 3.56. The van der Waals surface area contributed by atoms with Gasteiger partial charge in [0.25, 0.3) is 0 Å². The van der Waals surface area contributed by atoms with Gasteiger partial charge in [0, 0.05) is 56.2 Å². The topological polar surface area (TPSA) is 39.3 Å². The molecule has 29 heavy (non-hydrogen) atoms. The van der Waals surface area contributed by atoms with Crippen LogP contribution in [0.3, 0.4) is 0 Å². The largest absolute Gasteiger partial charge is 0.361 e. The van der Waals surface area contributed by atoms with Gasteiger partial charge in [-0.15, -0.1) is 0 Å². The molecule has 1 amide bonds. The molecule has 0 saturated carbocycles. The zero-order valence-electron chi connectivity index (χ0n) is 16.7. The van der Waals surface area contributed by atoms with Crippen LogP contribution in [0.15, 0.2) is 54.7 Å². The number of rotatable bonds is 6. The molecule has 1 aliphatic rings. The minimum Gasteiger partial charge on any atom is -0.361 e. The molecule has 4 nitrogen and oxygen atoms in total. The fraction of sp³-hybridized carbons (Fsp3) is 0.375. The number of carbonyl (C=O) groups is 1. The standard InChI is InChI=1S/C24H28FN3O/c25-21-11-9-19(10-12-21)18-27-13-4-14-28(16-15-27)24(29)8-3-5-20-17-26-23-7-2-1-6-22(20)23/h1-2,6-7,9-12,17,26H,3-5,8,13-16,18H2. The maximum Gasteiger partial charge on any atom is 0.222 e. The fourth-order valence-electron chi connectivity index (χ4n) is 4.15. The quantitative estimate of drug-likeness (QED) is 0.676. The summed E-state index contributed by atoms with van der Waals surface area (Å²) in [7, 11) is 0. The number of amides is 1. The van der Waals surface area contributed by atoms with Crippen LogP contribution in [0.1, 0.15) is 30.4 Å². The van der Waals surface area contributed by atoms with Crippen molar-refractivity contribution in [2.24, 2.45) is 0 Å². The zero-order chi connectivity index (χ0) is 20.1. The second-order valence-corrected chi connectivity index (χ2v) is 7.85. The van der Waals surface area contributed by atoms with Crippen molar-refractivity contribution in [3.8, 4) is 0 Å². The van der Waals surface area contributed by atoms with Crippen LogP contribution >= 0.6 is 0 Å². The zero-order valence-corrected chi connectivity index (χ0v) is 16.7. The van der Waals surface area contributed by atoms with Crippen molar-refractivity contribution in [3.63, 3.8) is 0 Å². The van der Waals surface area contributed by atoms with Gasteiger partial charge in [-0.3, -0.25) is 9.69 Å². The van der Waals surface area contributed by atoms with Gasteiger partial charge in [0.05, 0.1) is 0 Å². The number of nitrogens with one attached hydrogen (secondary N) is 1. The van der Waals surface area contributed by atoms with E-state index in [-0.39, 0.29) is 11.7 Å². The summed E-state index contributed by atoms with van der Waals surface area (Å²) >= 11 is 0.